The lowest BCUT2D eigenvalue weighted by molar-refractivity contribution is -0.138. The van der Waals surface area contributed by atoms with Crippen molar-refractivity contribution in [3.05, 3.63) is 69.8 Å². The number of hydrogen-bond acceptors (Lipinski definition) is 2. The first kappa shape index (κ1) is 22.5. The second-order valence-corrected chi connectivity index (χ2v) is 5.82. The first-order valence-electron chi connectivity index (χ1n) is 7.18. The highest BCUT2D eigenvalue weighted by Crippen LogP contribution is 2.33. The summed E-state index contributed by atoms with van der Waals surface area (Å²) in [6.07, 6.45) is -8.78. The molecule has 2 aromatic carbocycles. The zero-order valence-corrected chi connectivity index (χ0v) is 15.3. The van der Waals surface area contributed by atoms with Crippen LogP contribution in [-0.4, -0.2) is 0 Å². The number of rotatable bonds is 1. The van der Waals surface area contributed by atoms with Crippen LogP contribution in [0.4, 0.5) is 26.3 Å². The van der Waals surface area contributed by atoms with Gasteiger partial charge >= 0.3 is 12.4 Å². The predicted octanol–water partition coefficient (Wildman–Crippen LogP) is 6.36. The van der Waals surface area contributed by atoms with Crippen LogP contribution in [0.25, 0.3) is 0 Å². The van der Waals surface area contributed by atoms with Gasteiger partial charge in [0.1, 0.15) is 0 Å². The van der Waals surface area contributed by atoms with Gasteiger partial charge < -0.3 is 0 Å². The Morgan fingerprint density at radius 1 is 0.815 bits per heavy atom. The molecule has 9 heteroatoms. The number of benzene rings is 2. The molecule has 142 valence electrons. The molecule has 0 fully saturated rings. The lowest BCUT2D eigenvalue weighted by atomic mass is 10.1. The average molecular weight is 449 g/mol. The molecule has 0 heterocycles. The molecule has 0 saturated carbocycles. The molecule has 2 aromatic rings. The number of aryl methyl sites for hydroxylation is 1. The largest absolute Gasteiger partial charge is 0.416 e. The maximum atomic E-state index is 12.4. The smallest absolute Gasteiger partial charge is 0.192 e. The minimum Gasteiger partial charge on any atom is -0.192 e. The second-order valence-electron chi connectivity index (χ2n) is 5.25. The summed E-state index contributed by atoms with van der Waals surface area (Å²) in [4.78, 5) is 0. The molecule has 2 rings (SSSR count). The number of nitrogens with zero attached hydrogens (tertiary/aromatic N) is 2. The standard InChI is InChI=1S/C9H5BrF3N.C9H6F3N/c10-4-7-2-1-6(5-14)3-8(7)9(11,12)13;1-6-2-3-7(5-13)4-8(6)9(10,11)12/h1-3H,4H2;2-4H,1H3. The molecule has 0 N–H and O–H groups in total. The van der Waals surface area contributed by atoms with Crippen LogP contribution >= 0.6 is 15.9 Å². The van der Waals surface area contributed by atoms with Crippen LogP contribution in [0.1, 0.15) is 33.4 Å². The fourth-order valence-electron chi connectivity index (χ4n) is 2.02. The molecule has 0 aliphatic rings. The fourth-order valence-corrected chi connectivity index (χ4v) is 2.51. The van der Waals surface area contributed by atoms with Crippen molar-refractivity contribution in [2.45, 2.75) is 24.6 Å². The molecule has 0 aromatic heterocycles. The van der Waals surface area contributed by atoms with E-state index >= 15 is 0 Å². The van der Waals surface area contributed by atoms with E-state index in [-0.39, 0.29) is 27.6 Å². The Bertz CT molecular complexity index is 889. The Morgan fingerprint density at radius 2 is 1.26 bits per heavy atom. The Kier molecular flexibility index (Phi) is 7.44. The molecule has 0 atom stereocenters. The Hall–Kier alpha value is -2.52. The maximum Gasteiger partial charge on any atom is 0.416 e. The lowest BCUT2D eigenvalue weighted by Gasteiger charge is -2.10. The van der Waals surface area contributed by atoms with Gasteiger partial charge in [0.2, 0.25) is 0 Å². The van der Waals surface area contributed by atoms with Crippen molar-refractivity contribution in [3.8, 4) is 12.1 Å². The summed E-state index contributed by atoms with van der Waals surface area (Å²) in [5, 5.41) is 17.0. The molecule has 0 amide bonds. The van der Waals surface area contributed by atoms with E-state index in [0.717, 1.165) is 12.1 Å². The molecule has 0 saturated heterocycles. The van der Waals surface area contributed by atoms with Crippen molar-refractivity contribution in [1.29, 1.82) is 10.5 Å². The van der Waals surface area contributed by atoms with Crippen LogP contribution in [0.5, 0.6) is 0 Å². The van der Waals surface area contributed by atoms with Gasteiger partial charge in [0.25, 0.3) is 0 Å². The van der Waals surface area contributed by atoms with Crippen LogP contribution in [0, 0.1) is 29.6 Å². The SMILES string of the molecule is Cc1ccc(C#N)cc1C(F)(F)F.N#Cc1ccc(CBr)c(C(F)(F)F)c1. The topological polar surface area (TPSA) is 47.6 Å². The van der Waals surface area contributed by atoms with Gasteiger partial charge in [0.05, 0.1) is 34.4 Å². The first-order valence-corrected chi connectivity index (χ1v) is 8.30. The van der Waals surface area contributed by atoms with E-state index in [2.05, 4.69) is 15.9 Å². The number of alkyl halides is 7. The predicted molar refractivity (Wildman–Crippen MR) is 89.7 cm³/mol. The highest BCUT2D eigenvalue weighted by Gasteiger charge is 2.33. The van der Waals surface area contributed by atoms with Crippen LogP contribution in [0.15, 0.2) is 36.4 Å². The third-order valence-electron chi connectivity index (χ3n) is 3.36. The minimum absolute atomic E-state index is 0.0158. The normalized spacial score (nSPS) is 11.0. The minimum atomic E-state index is -4.41. The Morgan fingerprint density at radius 3 is 1.67 bits per heavy atom. The first-order chi connectivity index (χ1) is 12.4. The van der Waals surface area contributed by atoms with Gasteiger partial charge in [0, 0.05) is 5.33 Å². The molecule has 27 heavy (non-hydrogen) atoms. The third-order valence-corrected chi connectivity index (χ3v) is 3.96. The average Bonchev–Trinajstić information content (AvgIpc) is 2.60. The summed E-state index contributed by atoms with van der Waals surface area (Å²) < 4.78 is 74.0. The van der Waals surface area contributed by atoms with E-state index in [1.54, 1.807) is 12.1 Å². The number of hydrogen-bond donors (Lipinski definition) is 0. The monoisotopic (exact) mass is 448 g/mol. The highest BCUT2D eigenvalue weighted by molar-refractivity contribution is 9.08. The van der Waals surface area contributed by atoms with E-state index in [4.69, 9.17) is 10.5 Å². The summed E-state index contributed by atoms with van der Waals surface area (Å²) in [6, 6.07) is 10.4. The summed E-state index contributed by atoms with van der Waals surface area (Å²) in [5.41, 5.74) is -1.19. The fraction of sp³-hybridized carbons (Fsp3) is 0.222. The van der Waals surface area contributed by atoms with E-state index in [0.29, 0.717) is 0 Å². The molecule has 0 unspecified atom stereocenters. The van der Waals surface area contributed by atoms with Crippen molar-refractivity contribution < 1.29 is 26.3 Å². The number of nitriles is 2. The third kappa shape index (κ3) is 6.30. The van der Waals surface area contributed by atoms with Crippen LogP contribution in [0.3, 0.4) is 0 Å². The zero-order chi connectivity index (χ0) is 20.8. The zero-order valence-electron chi connectivity index (χ0n) is 13.7. The molecule has 0 spiro atoms. The Balaban J connectivity index is 0.000000271. The summed E-state index contributed by atoms with van der Waals surface area (Å²) in [6.45, 7) is 1.37. The van der Waals surface area contributed by atoms with Gasteiger partial charge in [-0.1, -0.05) is 28.1 Å². The maximum absolute atomic E-state index is 12.4. The van der Waals surface area contributed by atoms with Crippen molar-refractivity contribution in [1.82, 2.24) is 0 Å². The van der Waals surface area contributed by atoms with Crippen molar-refractivity contribution >= 4 is 15.9 Å². The quantitative estimate of drug-likeness (QED) is 0.376. The molecule has 0 bridgehead atoms. The molecular formula is C18H11BrF6N2. The van der Waals surface area contributed by atoms with Crippen LogP contribution in [-0.2, 0) is 17.7 Å². The molecule has 0 radical (unpaired) electrons. The van der Waals surface area contributed by atoms with E-state index in [1.807, 2.05) is 0 Å². The highest BCUT2D eigenvalue weighted by atomic mass is 79.9. The molecular weight excluding hydrogens is 438 g/mol. The summed E-state index contributed by atoms with van der Waals surface area (Å²) in [7, 11) is 0. The number of halogens is 7. The van der Waals surface area contributed by atoms with Gasteiger partial charge in [-0.25, -0.2) is 0 Å². The van der Waals surface area contributed by atoms with Crippen LogP contribution < -0.4 is 0 Å². The van der Waals surface area contributed by atoms with Crippen molar-refractivity contribution in [3.63, 3.8) is 0 Å². The summed E-state index contributed by atoms with van der Waals surface area (Å²) >= 11 is 2.96. The second kappa shape index (κ2) is 8.92. The van der Waals surface area contributed by atoms with Crippen molar-refractivity contribution in [2.24, 2.45) is 0 Å². The van der Waals surface area contributed by atoms with Gasteiger partial charge in [-0.15, -0.1) is 0 Å². The summed E-state index contributed by atoms with van der Waals surface area (Å²) in [5.74, 6) is 0. The molecule has 2 nitrogen and oxygen atoms in total. The molecule has 0 aliphatic carbocycles. The van der Waals surface area contributed by atoms with Gasteiger partial charge in [-0.3, -0.25) is 0 Å². The molecule has 0 aliphatic heterocycles. The van der Waals surface area contributed by atoms with Gasteiger partial charge in [-0.2, -0.15) is 36.9 Å². The van der Waals surface area contributed by atoms with Gasteiger partial charge in [-0.05, 0) is 42.3 Å². The lowest BCUT2D eigenvalue weighted by Crippen LogP contribution is -2.08. The van der Waals surface area contributed by atoms with E-state index in [9.17, 15) is 26.3 Å². The van der Waals surface area contributed by atoms with Gasteiger partial charge in [0.15, 0.2) is 0 Å². The Labute approximate surface area is 159 Å². The van der Waals surface area contributed by atoms with E-state index in [1.165, 1.54) is 31.2 Å². The van der Waals surface area contributed by atoms with E-state index < -0.39 is 23.5 Å². The van der Waals surface area contributed by atoms with Crippen LogP contribution in [0.2, 0.25) is 0 Å². The van der Waals surface area contributed by atoms with Crippen molar-refractivity contribution in [2.75, 3.05) is 0 Å².